The lowest BCUT2D eigenvalue weighted by atomic mass is 10.1. The third-order valence-electron chi connectivity index (χ3n) is 2.25. The molecule has 0 atom stereocenters. The second-order valence-corrected chi connectivity index (χ2v) is 4.78. The molecule has 0 fully saturated rings. The van der Waals surface area contributed by atoms with Crippen molar-refractivity contribution in [2.75, 3.05) is 7.11 Å². The van der Waals surface area contributed by atoms with E-state index in [-0.39, 0.29) is 5.91 Å². The third-order valence-corrected chi connectivity index (χ3v) is 2.55. The van der Waals surface area contributed by atoms with Crippen molar-refractivity contribution in [1.29, 1.82) is 0 Å². The van der Waals surface area contributed by atoms with Crippen molar-refractivity contribution >= 4 is 17.5 Å². The van der Waals surface area contributed by atoms with Crippen LogP contribution in [0.3, 0.4) is 0 Å². The quantitative estimate of drug-likeness (QED) is 0.862. The first-order valence-corrected chi connectivity index (χ1v) is 5.62. The standard InChI is InChI=1S/C12H17ClN2O2/c1-12(2,14)11(16)15-7-8-4-5-10(17-3)9(13)6-8/h4-6H,7,14H2,1-3H3,(H,15,16). The minimum absolute atomic E-state index is 0.204. The lowest BCUT2D eigenvalue weighted by Crippen LogP contribution is -2.48. The molecular formula is C12H17ClN2O2. The lowest BCUT2D eigenvalue weighted by Gasteiger charge is -2.17. The fourth-order valence-corrected chi connectivity index (χ4v) is 1.51. The molecule has 0 radical (unpaired) electrons. The molecule has 0 saturated heterocycles. The minimum Gasteiger partial charge on any atom is -0.495 e. The highest BCUT2D eigenvalue weighted by atomic mass is 35.5. The normalized spacial score (nSPS) is 11.1. The Morgan fingerprint density at radius 3 is 2.65 bits per heavy atom. The average molecular weight is 257 g/mol. The first kappa shape index (κ1) is 13.8. The topological polar surface area (TPSA) is 64.3 Å². The zero-order chi connectivity index (χ0) is 13.1. The predicted molar refractivity (Wildman–Crippen MR) is 68.1 cm³/mol. The number of carbonyl (C=O) groups excluding carboxylic acids is 1. The van der Waals surface area contributed by atoms with Gasteiger partial charge in [-0.3, -0.25) is 4.79 Å². The van der Waals surface area contributed by atoms with E-state index in [1.807, 2.05) is 6.07 Å². The number of hydrogen-bond donors (Lipinski definition) is 2. The molecule has 1 amide bonds. The van der Waals surface area contributed by atoms with Gasteiger partial charge in [0, 0.05) is 6.54 Å². The van der Waals surface area contributed by atoms with Crippen LogP contribution in [0.25, 0.3) is 0 Å². The van der Waals surface area contributed by atoms with E-state index in [1.165, 1.54) is 0 Å². The summed E-state index contributed by atoms with van der Waals surface area (Å²) in [5, 5.41) is 3.26. The summed E-state index contributed by atoms with van der Waals surface area (Å²) >= 11 is 5.97. The summed E-state index contributed by atoms with van der Waals surface area (Å²) in [4.78, 5) is 11.6. The Labute approximate surface area is 106 Å². The van der Waals surface area contributed by atoms with E-state index < -0.39 is 5.54 Å². The van der Waals surface area contributed by atoms with Crippen LogP contribution < -0.4 is 15.8 Å². The Bertz CT molecular complexity index is 413. The highest BCUT2D eigenvalue weighted by molar-refractivity contribution is 6.32. The second-order valence-electron chi connectivity index (χ2n) is 4.37. The SMILES string of the molecule is COc1ccc(CNC(=O)C(C)(C)N)cc1Cl. The average Bonchev–Trinajstić information content (AvgIpc) is 2.24. The summed E-state index contributed by atoms with van der Waals surface area (Å²) in [7, 11) is 1.56. The Balaban J connectivity index is 2.65. The molecule has 0 aromatic heterocycles. The Hall–Kier alpha value is -1.26. The molecular weight excluding hydrogens is 240 g/mol. The van der Waals surface area contributed by atoms with Crippen LogP contribution >= 0.6 is 11.6 Å². The van der Waals surface area contributed by atoms with E-state index in [9.17, 15) is 4.79 Å². The Morgan fingerprint density at radius 1 is 1.53 bits per heavy atom. The maximum Gasteiger partial charge on any atom is 0.239 e. The summed E-state index contributed by atoms with van der Waals surface area (Å²) in [6.07, 6.45) is 0. The van der Waals surface area contributed by atoms with Gasteiger partial charge in [-0.2, -0.15) is 0 Å². The fraction of sp³-hybridized carbons (Fsp3) is 0.417. The van der Waals surface area contributed by atoms with E-state index in [4.69, 9.17) is 22.1 Å². The van der Waals surface area contributed by atoms with Crippen molar-refractivity contribution in [2.45, 2.75) is 25.9 Å². The molecule has 3 N–H and O–H groups in total. The smallest absolute Gasteiger partial charge is 0.239 e. The highest BCUT2D eigenvalue weighted by Crippen LogP contribution is 2.24. The van der Waals surface area contributed by atoms with E-state index in [0.29, 0.717) is 17.3 Å². The van der Waals surface area contributed by atoms with Gasteiger partial charge in [0.1, 0.15) is 5.75 Å². The fourth-order valence-electron chi connectivity index (χ4n) is 1.23. The summed E-state index contributed by atoms with van der Waals surface area (Å²) in [6, 6.07) is 5.36. The third kappa shape index (κ3) is 3.91. The second kappa shape index (κ2) is 5.38. The van der Waals surface area contributed by atoms with Crippen LogP contribution in [0, 0.1) is 0 Å². The number of ether oxygens (including phenoxy) is 1. The van der Waals surface area contributed by atoms with Crippen LogP contribution in [-0.4, -0.2) is 18.6 Å². The van der Waals surface area contributed by atoms with Gasteiger partial charge in [-0.25, -0.2) is 0 Å². The molecule has 0 saturated carbocycles. The van der Waals surface area contributed by atoms with Gasteiger partial charge in [-0.05, 0) is 31.5 Å². The van der Waals surface area contributed by atoms with Gasteiger partial charge in [0.25, 0.3) is 0 Å². The molecule has 1 aromatic rings. The molecule has 0 bridgehead atoms. The zero-order valence-electron chi connectivity index (χ0n) is 10.2. The molecule has 4 nitrogen and oxygen atoms in total. The van der Waals surface area contributed by atoms with Gasteiger partial charge in [0.15, 0.2) is 0 Å². The van der Waals surface area contributed by atoms with E-state index in [2.05, 4.69) is 5.32 Å². The molecule has 5 heteroatoms. The number of halogens is 1. The Kier molecular flexibility index (Phi) is 4.37. The van der Waals surface area contributed by atoms with Gasteiger partial charge < -0.3 is 15.8 Å². The van der Waals surface area contributed by atoms with Crippen LogP contribution in [0.1, 0.15) is 19.4 Å². The predicted octanol–water partition coefficient (Wildman–Crippen LogP) is 1.70. The summed E-state index contributed by atoms with van der Waals surface area (Å²) < 4.78 is 5.04. The van der Waals surface area contributed by atoms with Gasteiger partial charge in [0.05, 0.1) is 17.7 Å². The number of methoxy groups -OCH3 is 1. The molecule has 0 unspecified atom stereocenters. The van der Waals surface area contributed by atoms with Crippen molar-refractivity contribution in [3.8, 4) is 5.75 Å². The van der Waals surface area contributed by atoms with Crippen LogP contribution in [-0.2, 0) is 11.3 Å². The molecule has 1 aromatic carbocycles. The number of benzene rings is 1. The zero-order valence-corrected chi connectivity index (χ0v) is 11.0. The first-order valence-electron chi connectivity index (χ1n) is 5.24. The van der Waals surface area contributed by atoms with Gasteiger partial charge >= 0.3 is 0 Å². The number of carbonyl (C=O) groups is 1. The monoisotopic (exact) mass is 256 g/mol. The van der Waals surface area contributed by atoms with Crippen molar-refractivity contribution in [2.24, 2.45) is 5.73 Å². The van der Waals surface area contributed by atoms with Crippen LogP contribution in [0.4, 0.5) is 0 Å². The lowest BCUT2D eigenvalue weighted by molar-refractivity contribution is -0.125. The van der Waals surface area contributed by atoms with Crippen molar-refractivity contribution in [3.63, 3.8) is 0 Å². The largest absolute Gasteiger partial charge is 0.495 e. The number of nitrogens with two attached hydrogens (primary N) is 1. The molecule has 0 heterocycles. The number of rotatable bonds is 4. The molecule has 0 spiro atoms. The summed E-state index contributed by atoms with van der Waals surface area (Å²) in [5.41, 5.74) is 5.68. The summed E-state index contributed by atoms with van der Waals surface area (Å²) in [6.45, 7) is 3.70. The molecule has 0 aliphatic heterocycles. The molecule has 17 heavy (non-hydrogen) atoms. The molecule has 1 rings (SSSR count). The maximum absolute atomic E-state index is 11.6. The van der Waals surface area contributed by atoms with E-state index in [1.54, 1.807) is 33.1 Å². The van der Waals surface area contributed by atoms with Crippen molar-refractivity contribution in [3.05, 3.63) is 28.8 Å². The van der Waals surface area contributed by atoms with Gasteiger partial charge in [-0.1, -0.05) is 17.7 Å². The van der Waals surface area contributed by atoms with E-state index >= 15 is 0 Å². The van der Waals surface area contributed by atoms with Crippen LogP contribution in [0.5, 0.6) is 5.75 Å². The van der Waals surface area contributed by atoms with Crippen LogP contribution in [0.15, 0.2) is 18.2 Å². The number of amides is 1. The molecule has 94 valence electrons. The minimum atomic E-state index is -0.879. The van der Waals surface area contributed by atoms with Crippen molar-refractivity contribution in [1.82, 2.24) is 5.32 Å². The highest BCUT2D eigenvalue weighted by Gasteiger charge is 2.21. The number of hydrogen-bond acceptors (Lipinski definition) is 3. The maximum atomic E-state index is 11.6. The van der Waals surface area contributed by atoms with Gasteiger partial charge in [0.2, 0.25) is 5.91 Å². The number of nitrogens with one attached hydrogen (secondary N) is 1. The van der Waals surface area contributed by atoms with E-state index in [0.717, 1.165) is 5.56 Å². The molecule has 0 aliphatic carbocycles. The first-order chi connectivity index (χ1) is 7.84. The Morgan fingerprint density at radius 2 is 2.18 bits per heavy atom. The molecule has 0 aliphatic rings. The summed E-state index contributed by atoms with van der Waals surface area (Å²) in [5.74, 6) is 0.408. The van der Waals surface area contributed by atoms with Crippen LogP contribution in [0.2, 0.25) is 5.02 Å². The van der Waals surface area contributed by atoms with Crippen molar-refractivity contribution < 1.29 is 9.53 Å². The van der Waals surface area contributed by atoms with Gasteiger partial charge in [-0.15, -0.1) is 0 Å².